The summed E-state index contributed by atoms with van der Waals surface area (Å²) in [6.45, 7) is 1.98. The quantitative estimate of drug-likeness (QED) is 0.766. The van der Waals surface area contributed by atoms with Crippen LogP contribution in [0.25, 0.3) is 0 Å². The van der Waals surface area contributed by atoms with E-state index in [0.29, 0.717) is 5.75 Å². The number of carbonyl (C=O) groups is 1. The molecule has 0 N–H and O–H groups in total. The number of esters is 1. The van der Waals surface area contributed by atoms with Gasteiger partial charge in [0.15, 0.2) is 5.92 Å². The number of hydrogen-bond donors (Lipinski definition) is 0. The van der Waals surface area contributed by atoms with Gasteiger partial charge in [-0.15, -0.1) is 0 Å². The molecule has 0 aliphatic heterocycles. The maximum atomic E-state index is 12.2. The molecule has 118 valence electrons. The number of methoxy groups -OCH3 is 1. The summed E-state index contributed by atoms with van der Waals surface area (Å²) >= 11 is 0. The van der Waals surface area contributed by atoms with Gasteiger partial charge in [0.1, 0.15) is 5.75 Å². The van der Waals surface area contributed by atoms with E-state index in [4.69, 9.17) is 9.47 Å². The van der Waals surface area contributed by atoms with Crippen molar-refractivity contribution in [2.24, 2.45) is 5.92 Å². The smallest absolute Gasteiger partial charge is 0.324 e. The van der Waals surface area contributed by atoms with E-state index in [1.807, 2.05) is 54.6 Å². The van der Waals surface area contributed by atoms with Crippen LogP contribution in [0, 0.1) is 17.2 Å². The number of rotatable bonds is 6. The molecule has 0 heterocycles. The first-order valence-electron chi connectivity index (χ1n) is 7.46. The lowest BCUT2D eigenvalue weighted by atomic mass is 9.81. The molecular formula is C19H19NO3. The lowest BCUT2D eigenvalue weighted by Gasteiger charge is -2.22. The first kappa shape index (κ1) is 16.6. The Morgan fingerprint density at radius 2 is 1.83 bits per heavy atom. The number of carbonyl (C=O) groups excluding carboxylic acids is 1. The normalized spacial score (nSPS) is 12.7. The molecule has 0 saturated heterocycles. The lowest BCUT2D eigenvalue weighted by molar-refractivity contribution is -0.146. The second kappa shape index (κ2) is 8.00. The Morgan fingerprint density at radius 3 is 2.43 bits per heavy atom. The standard InChI is InChI=1S/C19H19NO3/c1-3-23-19(21)17(13-20)18(14-8-5-4-6-9-14)15-10-7-11-16(12-15)22-2/h4-12,17-18H,3H2,1-2H3. The average Bonchev–Trinajstić information content (AvgIpc) is 2.60. The van der Waals surface area contributed by atoms with Gasteiger partial charge in [0.25, 0.3) is 0 Å². The number of nitriles is 1. The van der Waals surface area contributed by atoms with E-state index in [-0.39, 0.29) is 6.61 Å². The van der Waals surface area contributed by atoms with Crippen LogP contribution in [0.5, 0.6) is 5.75 Å². The van der Waals surface area contributed by atoms with Gasteiger partial charge in [0.2, 0.25) is 0 Å². The van der Waals surface area contributed by atoms with Crippen LogP contribution in [0.4, 0.5) is 0 Å². The highest BCUT2D eigenvalue weighted by atomic mass is 16.5. The van der Waals surface area contributed by atoms with Crippen LogP contribution in [0.3, 0.4) is 0 Å². The van der Waals surface area contributed by atoms with Crippen molar-refractivity contribution in [3.63, 3.8) is 0 Å². The third-order valence-electron chi connectivity index (χ3n) is 3.62. The van der Waals surface area contributed by atoms with Crippen LogP contribution in [-0.4, -0.2) is 19.7 Å². The molecule has 4 heteroatoms. The van der Waals surface area contributed by atoms with Gasteiger partial charge in [-0.2, -0.15) is 5.26 Å². The van der Waals surface area contributed by atoms with E-state index in [1.165, 1.54) is 0 Å². The maximum Gasteiger partial charge on any atom is 0.324 e. The van der Waals surface area contributed by atoms with Crippen molar-refractivity contribution in [1.29, 1.82) is 5.26 Å². The van der Waals surface area contributed by atoms with Crippen LogP contribution in [0.15, 0.2) is 54.6 Å². The van der Waals surface area contributed by atoms with E-state index in [2.05, 4.69) is 6.07 Å². The molecule has 0 spiro atoms. The van der Waals surface area contributed by atoms with Gasteiger partial charge in [0.05, 0.1) is 19.8 Å². The first-order valence-corrected chi connectivity index (χ1v) is 7.46. The van der Waals surface area contributed by atoms with Crippen molar-refractivity contribution < 1.29 is 14.3 Å². The van der Waals surface area contributed by atoms with Crippen LogP contribution < -0.4 is 4.74 Å². The van der Waals surface area contributed by atoms with Gasteiger partial charge < -0.3 is 9.47 Å². The van der Waals surface area contributed by atoms with Crippen molar-refractivity contribution in [3.05, 3.63) is 65.7 Å². The van der Waals surface area contributed by atoms with Gasteiger partial charge in [-0.1, -0.05) is 42.5 Å². The van der Waals surface area contributed by atoms with Gasteiger partial charge in [-0.3, -0.25) is 4.79 Å². The fraction of sp³-hybridized carbons (Fsp3) is 0.263. The molecule has 2 atom stereocenters. The first-order chi connectivity index (χ1) is 11.2. The van der Waals surface area contributed by atoms with Crippen LogP contribution >= 0.6 is 0 Å². The van der Waals surface area contributed by atoms with E-state index < -0.39 is 17.8 Å². The molecule has 0 aromatic heterocycles. The van der Waals surface area contributed by atoms with E-state index in [1.54, 1.807) is 14.0 Å². The minimum atomic E-state index is -0.913. The minimum Gasteiger partial charge on any atom is -0.497 e. The number of benzene rings is 2. The van der Waals surface area contributed by atoms with Gasteiger partial charge >= 0.3 is 5.97 Å². The highest BCUT2D eigenvalue weighted by molar-refractivity contribution is 5.77. The SMILES string of the molecule is CCOC(=O)C(C#N)C(c1ccccc1)c1cccc(OC)c1. The Kier molecular flexibility index (Phi) is 5.76. The summed E-state index contributed by atoms with van der Waals surface area (Å²) < 4.78 is 10.3. The summed E-state index contributed by atoms with van der Waals surface area (Å²) in [5.41, 5.74) is 1.73. The third-order valence-corrected chi connectivity index (χ3v) is 3.62. The maximum absolute atomic E-state index is 12.2. The molecule has 2 aromatic carbocycles. The average molecular weight is 309 g/mol. The predicted molar refractivity (Wildman–Crippen MR) is 87.0 cm³/mol. The Hall–Kier alpha value is -2.80. The molecule has 0 fully saturated rings. The van der Waals surface area contributed by atoms with E-state index in [9.17, 15) is 10.1 Å². The summed E-state index contributed by atoms with van der Waals surface area (Å²) in [5, 5.41) is 9.56. The number of ether oxygens (including phenoxy) is 2. The monoisotopic (exact) mass is 309 g/mol. The summed E-state index contributed by atoms with van der Waals surface area (Å²) in [4.78, 5) is 12.2. The van der Waals surface area contributed by atoms with E-state index >= 15 is 0 Å². The van der Waals surface area contributed by atoms with Crippen molar-refractivity contribution in [1.82, 2.24) is 0 Å². The van der Waals surface area contributed by atoms with Crippen LogP contribution in [0.1, 0.15) is 24.0 Å². The largest absolute Gasteiger partial charge is 0.497 e. The Balaban J connectivity index is 2.51. The lowest BCUT2D eigenvalue weighted by Crippen LogP contribution is -2.24. The van der Waals surface area contributed by atoms with Gasteiger partial charge in [-0.05, 0) is 30.2 Å². The fourth-order valence-electron chi connectivity index (χ4n) is 2.57. The molecule has 0 bridgehead atoms. The Labute approximate surface area is 136 Å². The highest BCUT2D eigenvalue weighted by Gasteiger charge is 2.32. The number of nitrogens with zero attached hydrogens (tertiary/aromatic N) is 1. The van der Waals surface area contributed by atoms with Crippen LogP contribution in [0.2, 0.25) is 0 Å². The summed E-state index contributed by atoms with van der Waals surface area (Å²) in [5.74, 6) is -1.14. The molecule has 0 aliphatic carbocycles. The number of hydrogen-bond acceptors (Lipinski definition) is 4. The molecule has 0 radical (unpaired) electrons. The van der Waals surface area contributed by atoms with Crippen molar-refractivity contribution in [3.8, 4) is 11.8 Å². The van der Waals surface area contributed by atoms with Gasteiger partial charge in [0, 0.05) is 5.92 Å². The zero-order chi connectivity index (χ0) is 16.7. The summed E-state index contributed by atoms with van der Waals surface area (Å²) in [6, 6.07) is 19.0. The third kappa shape index (κ3) is 3.89. The zero-order valence-electron chi connectivity index (χ0n) is 13.2. The highest BCUT2D eigenvalue weighted by Crippen LogP contribution is 2.34. The predicted octanol–water partition coefficient (Wildman–Crippen LogP) is 3.53. The minimum absolute atomic E-state index is 0.247. The molecule has 0 aliphatic rings. The van der Waals surface area contributed by atoms with Crippen molar-refractivity contribution in [2.75, 3.05) is 13.7 Å². The molecule has 4 nitrogen and oxygen atoms in total. The molecule has 0 saturated carbocycles. The second-order valence-corrected chi connectivity index (χ2v) is 5.02. The molecule has 2 unspecified atom stereocenters. The summed E-state index contributed by atoms with van der Waals surface area (Å²) in [7, 11) is 1.59. The zero-order valence-corrected chi connectivity index (χ0v) is 13.2. The molecule has 2 rings (SSSR count). The Bertz CT molecular complexity index is 691. The fourth-order valence-corrected chi connectivity index (χ4v) is 2.57. The topological polar surface area (TPSA) is 59.3 Å². The molecule has 2 aromatic rings. The molecule has 0 amide bonds. The van der Waals surface area contributed by atoms with E-state index in [0.717, 1.165) is 11.1 Å². The van der Waals surface area contributed by atoms with Crippen LogP contribution in [-0.2, 0) is 9.53 Å². The van der Waals surface area contributed by atoms with Crippen molar-refractivity contribution >= 4 is 5.97 Å². The molecular weight excluding hydrogens is 290 g/mol. The summed E-state index contributed by atoms with van der Waals surface area (Å²) in [6.07, 6.45) is 0. The Morgan fingerprint density at radius 1 is 1.13 bits per heavy atom. The van der Waals surface area contributed by atoms with Crippen molar-refractivity contribution in [2.45, 2.75) is 12.8 Å². The second-order valence-electron chi connectivity index (χ2n) is 5.02. The van der Waals surface area contributed by atoms with Gasteiger partial charge in [-0.25, -0.2) is 0 Å². The molecule has 23 heavy (non-hydrogen) atoms.